The number of hydrogen-bond donors (Lipinski definition) is 1. The molecule has 3 aromatic rings. The number of rotatable bonds is 2. The third-order valence-electron chi connectivity index (χ3n) is 3.83. The molecular weight excluding hydrogens is 290 g/mol. The van der Waals surface area contributed by atoms with Crippen molar-refractivity contribution < 1.29 is 9.42 Å². The average Bonchev–Trinajstić information content (AvgIpc) is 3.05. The fourth-order valence-corrected chi connectivity index (χ4v) is 2.59. The van der Waals surface area contributed by atoms with Crippen LogP contribution in [-0.2, 0) is 0 Å². The molecule has 1 N–H and O–H groups in total. The molecule has 6 nitrogen and oxygen atoms in total. The average molecular weight is 306 g/mol. The Balaban J connectivity index is 1.87. The molecule has 114 valence electrons. The Bertz CT molecular complexity index is 896. The normalized spacial score (nSPS) is 14.1. The van der Waals surface area contributed by atoms with E-state index in [0.717, 1.165) is 22.7 Å². The summed E-state index contributed by atoms with van der Waals surface area (Å²) in [5.74, 6) is 1.47. The minimum atomic E-state index is 0.672. The second kappa shape index (κ2) is 5.24. The standard InChI is InChI=1S/C17H16N5O/c1-12-3-5-13(6-4-12)10-22-16-9-14(23-2)7-8-15(16)21-11-18-19-17(21)20-22/h3-11H,1-2H3,(H,19,20)/q+1/b22-10-. The van der Waals surface area contributed by atoms with Crippen LogP contribution in [0.15, 0.2) is 48.8 Å². The van der Waals surface area contributed by atoms with Crippen LogP contribution in [0.25, 0.3) is 5.69 Å². The van der Waals surface area contributed by atoms with E-state index in [9.17, 15) is 0 Å². The molecule has 1 aliphatic rings. The summed E-state index contributed by atoms with van der Waals surface area (Å²) in [5.41, 5.74) is 7.54. The molecule has 0 saturated carbocycles. The van der Waals surface area contributed by atoms with Crippen LogP contribution in [0.5, 0.6) is 5.75 Å². The molecule has 4 rings (SSSR count). The van der Waals surface area contributed by atoms with Crippen LogP contribution in [0.2, 0.25) is 0 Å². The molecule has 0 atom stereocenters. The molecule has 0 bridgehead atoms. The zero-order chi connectivity index (χ0) is 15.8. The number of hydrogen-bond acceptors (Lipinski definition) is 4. The van der Waals surface area contributed by atoms with Gasteiger partial charge in [0.25, 0.3) is 11.6 Å². The topological polar surface area (TPSA) is 55.0 Å². The summed E-state index contributed by atoms with van der Waals surface area (Å²) in [5, 5.41) is 8.09. The summed E-state index contributed by atoms with van der Waals surface area (Å²) in [6.45, 7) is 2.07. The number of anilines is 1. The summed E-state index contributed by atoms with van der Waals surface area (Å²) in [6.07, 6.45) is 3.72. The lowest BCUT2D eigenvalue weighted by Crippen LogP contribution is -2.24. The number of aromatic nitrogens is 3. The van der Waals surface area contributed by atoms with E-state index >= 15 is 0 Å². The molecule has 0 unspecified atom stereocenters. The van der Waals surface area contributed by atoms with Gasteiger partial charge in [0.05, 0.1) is 13.2 Å². The van der Waals surface area contributed by atoms with E-state index in [2.05, 4.69) is 46.8 Å². The lowest BCUT2D eigenvalue weighted by atomic mass is 10.1. The summed E-state index contributed by atoms with van der Waals surface area (Å²) >= 11 is 0. The predicted molar refractivity (Wildman–Crippen MR) is 87.8 cm³/mol. The van der Waals surface area contributed by atoms with Crippen LogP contribution < -0.4 is 10.2 Å². The summed E-state index contributed by atoms with van der Waals surface area (Å²) in [4.78, 5) is 0. The summed E-state index contributed by atoms with van der Waals surface area (Å²) in [7, 11) is 1.66. The molecule has 2 aromatic carbocycles. The second-order valence-corrected chi connectivity index (χ2v) is 5.40. The number of hydrazine groups is 1. The first-order valence-corrected chi connectivity index (χ1v) is 7.30. The van der Waals surface area contributed by atoms with Gasteiger partial charge in [-0.3, -0.25) is 4.57 Å². The lowest BCUT2D eigenvalue weighted by molar-refractivity contribution is -0.402. The number of nitrogens with one attached hydrogen (secondary N) is 1. The summed E-state index contributed by atoms with van der Waals surface area (Å²) < 4.78 is 9.20. The van der Waals surface area contributed by atoms with Crippen LogP contribution in [0, 0.1) is 6.92 Å². The Morgan fingerprint density at radius 1 is 1.17 bits per heavy atom. The quantitative estimate of drug-likeness (QED) is 0.740. The van der Waals surface area contributed by atoms with Crippen molar-refractivity contribution in [2.75, 3.05) is 12.5 Å². The zero-order valence-electron chi connectivity index (χ0n) is 12.9. The highest BCUT2D eigenvalue weighted by atomic mass is 16.5. The molecule has 6 heteroatoms. The maximum Gasteiger partial charge on any atom is 0.284 e. The van der Waals surface area contributed by atoms with E-state index in [4.69, 9.17) is 4.74 Å². The van der Waals surface area contributed by atoms with Crippen molar-refractivity contribution in [1.82, 2.24) is 14.8 Å². The predicted octanol–water partition coefficient (Wildman–Crippen LogP) is 2.69. The van der Waals surface area contributed by atoms with Crippen LogP contribution in [0.1, 0.15) is 11.1 Å². The molecule has 1 aromatic heterocycles. The Morgan fingerprint density at radius 3 is 2.78 bits per heavy atom. The van der Waals surface area contributed by atoms with Crippen LogP contribution in [-0.4, -0.2) is 32.8 Å². The van der Waals surface area contributed by atoms with Gasteiger partial charge in [0.1, 0.15) is 17.8 Å². The minimum Gasteiger partial charge on any atom is -0.497 e. The molecule has 0 fully saturated rings. The molecule has 0 saturated heterocycles. The first-order chi connectivity index (χ1) is 11.2. The van der Waals surface area contributed by atoms with Gasteiger partial charge in [0.2, 0.25) is 6.21 Å². The van der Waals surface area contributed by atoms with Gasteiger partial charge in [-0.05, 0) is 31.2 Å². The minimum absolute atomic E-state index is 0.672. The highest BCUT2D eigenvalue weighted by molar-refractivity contribution is 5.78. The largest absolute Gasteiger partial charge is 0.497 e. The zero-order valence-corrected chi connectivity index (χ0v) is 12.9. The third kappa shape index (κ3) is 2.34. The number of methoxy groups -OCH3 is 1. The Morgan fingerprint density at radius 2 is 2.00 bits per heavy atom. The highest BCUT2D eigenvalue weighted by Gasteiger charge is 2.27. The number of nitrogens with zero attached hydrogens (tertiary/aromatic N) is 4. The van der Waals surface area contributed by atoms with Crippen LogP contribution in [0.4, 0.5) is 11.6 Å². The first kappa shape index (κ1) is 13.5. The van der Waals surface area contributed by atoms with Crippen molar-refractivity contribution >= 4 is 17.9 Å². The molecule has 23 heavy (non-hydrogen) atoms. The number of hydrazone groups is 1. The number of fused-ring (bicyclic) bond motifs is 3. The molecule has 0 spiro atoms. The van der Waals surface area contributed by atoms with Crippen molar-refractivity contribution in [2.45, 2.75) is 6.92 Å². The van der Waals surface area contributed by atoms with Gasteiger partial charge in [-0.1, -0.05) is 22.4 Å². The van der Waals surface area contributed by atoms with Crippen molar-refractivity contribution in [3.63, 3.8) is 0 Å². The maximum atomic E-state index is 5.36. The number of aryl methyl sites for hydroxylation is 1. The second-order valence-electron chi connectivity index (χ2n) is 5.40. The van der Waals surface area contributed by atoms with E-state index in [-0.39, 0.29) is 0 Å². The van der Waals surface area contributed by atoms with E-state index in [1.165, 1.54) is 5.56 Å². The lowest BCUT2D eigenvalue weighted by Gasteiger charge is -2.16. The third-order valence-corrected chi connectivity index (χ3v) is 3.83. The highest BCUT2D eigenvalue weighted by Crippen LogP contribution is 2.33. The van der Waals surface area contributed by atoms with Gasteiger partial charge in [0.15, 0.2) is 0 Å². The van der Waals surface area contributed by atoms with Crippen molar-refractivity contribution in [3.8, 4) is 11.4 Å². The van der Waals surface area contributed by atoms with Crippen LogP contribution >= 0.6 is 0 Å². The monoisotopic (exact) mass is 306 g/mol. The molecule has 0 amide bonds. The number of benzene rings is 2. The molecule has 0 aliphatic carbocycles. The fraction of sp³-hybridized carbons (Fsp3) is 0.118. The van der Waals surface area contributed by atoms with E-state index < -0.39 is 0 Å². The van der Waals surface area contributed by atoms with Gasteiger partial charge in [-0.25, -0.2) is 0 Å². The van der Waals surface area contributed by atoms with Crippen molar-refractivity contribution in [1.29, 1.82) is 0 Å². The van der Waals surface area contributed by atoms with Gasteiger partial charge >= 0.3 is 0 Å². The SMILES string of the molecule is COc1ccc2c(c1)/[N+](=C/c1ccc(C)cc1)Nc1nncn1-2. The number of ether oxygens (including phenoxy) is 1. The van der Waals surface area contributed by atoms with Gasteiger partial charge in [0, 0.05) is 5.56 Å². The van der Waals surface area contributed by atoms with Gasteiger partial charge in [-0.2, -0.15) is 0 Å². The molecule has 1 aliphatic heterocycles. The molecule has 2 heterocycles. The molecular formula is C17H16N5O+. The van der Waals surface area contributed by atoms with E-state index in [1.54, 1.807) is 13.4 Å². The maximum absolute atomic E-state index is 5.36. The Kier molecular flexibility index (Phi) is 3.08. The Hall–Kier alpha value is -3.15. The van der Waals surface area contributed by atoms with E-state index in [1.807, 2.05) is 33.7 Å². The fourth-order valence-electron chi connectivity index (χ4n) is 2.59. The first-order valence-electron chi connectivity index (χ1n) is 7.30. The smallest absolute Gasteiger partial charge is 0.284 e. The van der Waals surface area contributed by atoms with Crippen molar-refractivity contribution in [2.24, 2.45) is 0 Å². The summed E-state index contributed by atoms with van der Waals surface area (Å²) in [6, 6.07) is 14.2. The van der Waals surface area contributed by atoms with Crippen molar-refractivity contribution in [3.05, 3.63) is 59.9 Å². The van der Waals surface area contributed by atoms with E-state index in [0.29, 0.717) is 5.95 Å². The molecule has 0 radical (unpaired) electrons. The van der Waals surface area contributed by atoms with Crippen LogP contribution in [0.3, 0.4) is 0 Å². The van der Waals surface area contributed by atoms with Gasteiger partial charge in [-0.15, -0.1) is 15.6 Å². The van der Waals surface area contributed by atoms with Gasteiger partial charge < -0.3 is 4.74 Å². The Labute approximate surface area is 133 Å².